The molecule has 106 heavy (non-hydrogen) atoms. The van der Waals surface area contributed by atoms with Gasteiger partial charge in [0.05, 0.1) is 51.0 Å². The van der Waals surface area contributed by atoms with Crippen molar-refractivity contribution in [2.24, 2.45) is 0 Å². The largest absolute Gasteiger partial charge is 0.497 e. The van der Waals surface area contributed by atoms with Crippen LogP contribution in [0, 0.1) is 0 Å². The van der Waals surface area contributed by atoms with Gasteiger partial charge in [-0.2, -0.15) is 0 Å². The molecule has 0 saturated heterocycles. The number of nitrogens with zero attached hydrogens (tertiary/aromatic N) is 4. The smallest absolute Gasteiger partial charge is 0.265 e. The van der Waals surface area contributed by atoms with Gasteiger partial charge in [0.1, 0.15) is 23.0 Å². The fourth-order valence-electron chi connectivity index (χ4n) is 18.5. The molecule has 0 radical (unpaired) electrons. The fraction of sp³-hybridized carbons (Fsp3) is 0.396. The number of unbranched alkanes of at least 4 members (excludes halogenated alkanes) is 20. The molecule has 0 bridgehead atoms. The van der Waals surface area contributed by atoms with E-state index >= 15 is 9.59 Å². The zero-order chi connectivity index (χ0) is 73.3. The van der Waals surface area contributed by atoms with E-state index in [-0.39, 0.29) is 22.6 Å². The molecule has 0 unspecified atom stereocenters. The maximum absolute atomic E-state index is 16.1. The van der Waals surface area contributed by atoms with E-state index in [1.807, 2.05) is 70.7 Å². The second-order valence-corrected chi connectivity index (χ2v) is 30.6. The van der Waals surface area contributed by atoms with E-state index < -0.39 is 0 Å². The molecular formula is C96H110N4O6. The first-order valence-corrected chi connectivity index (χ1v) is 40.4. The average Bonchev–Trinajstić information content (AvgIpc) is 1.52. The molecule has 2 aliphatic carbocycles. The summed E-state index contributed by atoms with van der Waals surface area (Å²) in [5.74, 6) is 2.93. The van der Waals surface area contributed by atoms with Crippen LogP contribution in [0.5, 0.6) is 23.0 Å². The van der Waals surface area contributed by atoms with Crippen molar-refractivity contribution in [3.05, 3.63) is 226 Å². The van der Waals surface area contributed by atoms with Crippen molar-refractivity contribution < 1.29 is 28.5 Å². The Labute approximate surface area is 631 Å². The second kappa shape index (κ2) is 33.1. The molecule has 4 aliphatic heterocycles. The van der Waals surface area contributed by atoms with Crippen molar-refractivity contribution in [1.82, 2.24) is 9.80 Å². The van der Waals surface area contributed by atoms with E-state index in [9.17, 15) is 0 Å². The predicted molar refractivity (Wildman–Crippen MR) is 438 cm³/mol. The zero-order valence-electron chi connectivity index (χ0n) is 64.4. The fourth-order valence-corrected chi connectivity index (χ4v) is 18.5. The van der Waals surface area contributed by atoms with Crippen LogP contribution in [0.15, 0.2) is 181 Å². The minimum Gasteiger partial charge on any atom is -0.497 e. The van der Waals surface area contributed by atoms with Crippen molar-refractivity contribution in [1.29, 1.82) is 0 Å². The number of carbonyl (C=O) groups excluding carboxylic acids is 2. The van der Waals surface area contributed by atoms with Crippen LogP contribution < -0.4 is 28.7 Å². The Morgan fingerprint density at radius 1 is 0.292 bits per heavy atom. The maximum Gasteiger partial charge on any atom is 0.265 e. The number of amides is 2. The highest BCUT2D eigenvalue weighted by molar-refractivity contribution is 6.32. The molecule has 0 spiro atoms. The van der Waals surface area contributed by atoms with Crippen molar-refractivity contribution in [3.63, 3.8) is 0 Å². The number of hydrogen-bond acceptors (Lipinski definition) is 8. The van der Waals surface area contributed by atoms with Gasteiger partial charge >= 0.3 is 0 Å². The molecule has 2 amide bonds. The normalized spacial score (nSPS) is 14.9. The molecule has 10 heteroatoms. The highest BCUT2D eigenvalue weighted by atomic mass is 16.5. The van der Waals surface area contributed by atoms with Gasteiger partial charge in [-0.25, -0.2) is 0 Å². The van der Waals surface area contributed by atoms with E-state index in [2.05, 4.69) is 159 Å². The van der Waals surface area contributed by atoms with Gasteiger partial charge < -0.3 is 28.7 Å². The molecule has 4 heterocycles. The molecule has 8 aromatic carbocycles. The van der Waals surface area contributed by atoms with Crippen LogP contribution in [-0.4, -0.2) is 50.1 Å². The lowest BCUT2D eigenvalue weighted by Gasteiger charge is -2.35. The number of ether oxygens (including phenoxy) is 4. The van der Waals surface area contributed by atoms with Crippen LogP contribution in [0.4, 0.5) is 34.1 Å². The Kier molecular flexibility index (Phi) is 22.9. The van der Waals surface area contributed by atoms with Crippen LogP contribution in [-0.2, 0) is 20.4 Å². The Morgan fingerprint density at radius 3 is 0.840 bits per heavy atom. The quantitative estimate of drug-likeness (QED) is 0.0354. The van der Waals surface area contributed by atoms with Gasteiger partial charge in [0.15, 0.2) is 0 Å². The maximum atomic E-state index is 16.1. The van der Waals surface area contributed by atoms with Crippen molar-refractivity contribution in [2.75, 3.05) is 38.2 Å². The molecule has 0 aromatic heterocycles. The first-order valence-electron chi connectivity index (χ1n) is 40.4. The standard InChI is InChI=1S/C96H110N4O6/c1-9-13-17-21-25-29-55-95(56-30-26-22-18-14-10-2)85-63-73(99(69-33-43-75(103-5)44-34-69)70-35-45-76(104-6)46-36-70)41-51-79(85)83-61-67-53-59-97-91(81(67)65-87(83)95)89-90(94(97)102)92-82-66-88-84(62-68(82)54-60-98(92)93(89)101)80-52-42-74(100(71-37-47-77(105-7)48-38-71)72-39-49-78(106-8)50-40-72)64-86(80)96(88,57-31-27-23-19-15-11-3)58-32-28-24-20-16-12-4/h33-54,59-66H,9-32,55-58H2,1-8H3. The lowest BCUT2D eigenvalue weighted by molar-refractivity contribution is -0.122. The summed E-state index contributed by atoms with van der Waals surface area (Å²) in [4.78, 5) is 40.5. The second-order valence-electron chi connectivity index (χ2n) is 30.6. The highest BCUT2D eigenvalue weighted by Crippen LogP contribution is 2.61. The van der Waals surface area contributed by atoms with Gasteiger partial charge in [-0.1, -0.05) is 194 Å². The van der Waals surface area contributed by atoms with Crippen molar-refractivity contribution in [2.45, 2.75) is 218 Å². The lowest BCUT2D eigenvalue weighted by Crippen LogP contribution is -2.29. The molecule has 10 nitrogen and oxygen atoms in total. The van der Waals surface area contributed by atoms with Gasteiger partial charge in [0.2, 0.25) is 0 Å². The van der Waals surface area contributed by atoms with Gasteiger partial charge in [-0.15, -0.1) is 0 Å². The molecule has 0 saturated carbocycles. The number of anilines is 6. The summed E-state index contributed by atoms with van der Waals surface area (Å²) >= 11 is 0. The van der Waals surface area contributed by atoms with Gasteiger partial charge in [-0.05, 0) is 239 Å². The van der Waals surface area contributed by atoms with Crippen molar-refractivity contribution >= 4 is 69.5 Å². The van der Waals surface area contributed by atoms with E-state index in [4.69, 9.17) is 18.9 Å². The van der Waals surface area contributed by atoms with E-state index in [1.54, 1.807) is 28.4 Å². The lowest BCUT2D eigenvalue weighted by atomic mass is 9.70. The monoisotopic (exact) mass is 1410 g/mol. The molecule has 0 fully saturated rings. The minimum absolute atomic E-state index is 0.147. The predicted octanol–water partition coefficient (Wildman–Crippen LogP) is 26.0. The van der Waals surface area contributed by atoms with Crippen LogP contribution in [0.25, 0.3) is 45.8 Å². The molecule has 0 N–H and O–H groups in total. The van der Waals surface area contributed by atoms with Gasteiger partial charge in [0.25, 0.3) is 11.8 Å². The number of carbonyl (C=O) groups is 2. The third-order valence-corrected chi connectivity index (χ3v) is 24.1. The molecule has 0 atom stereocenters. The number of fused-ring (bicyclic) bond motifs is 13. The van der Waals surface area contributed by atoms with Gasteiger partial charge in [-0.3, -0.25) is 19.4 Å². The first-order chi connectivity index (χ1) is 52.0. The molecule has 8 aromatic rings. The average molecular weight is 1420 g/mol. The number of methoxy groups -OCH3 is 4. The molecule has 550 valence electrons. The summed E-state index contributed by atoms with van der Waals surface area (Å²) in [7, 11) is 6.88. The summed E-state index contributed by atoms with van der Waals surface area (Å²) in [6.45, 7) is 9.20. The highest BCUT2D eigenvalue weighted by Gasteiger charge is 2.53. The summed E-state index contributed by atoms with van der Waals surface area (Å²) < 4.78 is 22.8. The number of hydrogen-bond donors (Lipinski definition) is 0. The SMILES string of the molecule is CCCCCCCCC1(CCCCCCCC)c2cc(N(c3ccc(OC)cc3)c3ccc(OC)cc3)ccc2-c2cc3c(cc21)C1=C2C(=O)N4C=Cc5cc6c(cc5C4=C2C(=O)N1C=C3)C(CCCCCCCC)(CCCCCCCC)c1cc(N(c2ccc(OC)cc2)c2ccc(OC)cc2)ccc1-6. The molecule has 6 aliphatic rings. The summed E-state index contributed by atoms with van der Waals surface area (Å²) in [6, 6.07) is 57.7. The van der Waals surface area contributed by atoms with Crippen molar-refractivity contribution in [3.8, 4) is 45.3 Å². The third-order valence-electron chi connectivity index (χ3n) is 24.1. The van der Waals surface area contributed by atoms with Crippen LogP contribution in [0.3, 0.4) is 0 Å². The van der Waals surface area contributed by atoms with Gasteiger partial charge in [0, 0.05) is 68.5 Å². The summed E-state index contributed by atoms with van der Waals surface area (Å²) in [6.07, 6.45) is 40.8. The topological polar surface area (TPSA) is 84.0 Å². The van der Waals surface area contributed by atoms with Crippen LogP contribution >= 0.6 is 0 Å². The zero-order valence-corrected chi connectivity index (χ0v) is 64.4. The Morgan fingerprint density at radius 2 is 0.557 bits per heavy atom. The third kappa shape index (κ3) is 14.0. The van der Waals surface area contributed by atoms with E-state index in [1.165, 1.54) is 147 Å². The molecule has 14 rings (SSSR count). The minimum atomic E-state index is -0.351. The van der Waals surface area contributed by atoms with Crippen LogP contribution in [0.2, 0.25) is 0 Å². The molecular weight excluding hydrogens is 1310 g/mol. The Hall–Kier alpha value is -9.54. The number of rotatable bonds is 38. The van der Waals surface area contributed by atoms with Crippen LogP contribution in [0.1, 0.15) is 252 Å². The number of benzene rings is 8. The van der Waals surface area contributed by atoms with E-state index in [0.717, 1.165) is 156 Å². The first kappa shape index (κ1) is 73.4. The summed E-state index contributed by atoms with van der Waals surface area (Å²) in [5, 5.41) is 0. The Balaban J connectivity index is 0.918. The Bertz CT molecular complexity index is 4180. The summed E-state index contributed by atoms with van der Waals surface area (Å²) in [5.41, 5.74) is 22.3. The van der Waals surface area contributed by atoms with E-state index in [0.29, 0.717) is 22.5 Å².